The van der Waals surface area contributed by atoms with Crippen molar-refractivity contribution in [3.05, 3.63) is 78.7 Å². The molecule has 4 aromatic rings. The molecule has 1 heterocycles. The monoisotopic (exact) mass is 540 g/mol. The van der Waals surface area contributed by atoms with Gasteiger partial charge >= 0.3 is 10.2 Å². The number of rotatable bonds is 11. The smallest absolute Gasteiger partial charge is 0.321 e. The Balaban J connectivity index is 1.46. The van der Waals surface area contributed by atoms with Crippen molar-refractivity contribution in [2.45, 2.75) is 0 Å². The lowest BCUT2D eigenvalue weighted by Crippen LogP contribution is -2.21. The van der Waals surface area contributed by atoms with E-state index >= 15 is 0 Å². The fourth-order valence-corrected chi connectivity index (χ4v) is 4.34. The van der Waals surface area contributed by atoms with Crippen LogP contribution in [-0.4, -0.2) is 39.7 Å². The molecule has 198 valence electrons. The predicted molar refractivity (Wildman–Crippen MR) is 144 cm³/mol. The molecular formula is C25H25FN6O5S. The van der Waals surface area contributed by atoms with Crippen molar-refractivity contribution in [2.24, 2.45) is 0 Å². The van der Waals surface area contributed by atoms with Gasteiger partial charge in [0.1, 0.15) is 0 Å². The molecule has 3 aromatic carbocycles. The van der Waals surface area contributed by atoms with Crippen LogP contribution in [0.4, 0.5) is 38.9 Å². The van der Waals surface area contributed by atoms with Gasteiger partial charge < -0.3 is 24.8 Å². The van der Waals surface area contributed by atoms with Crippen LogP contribution in [0.2, 0.25) is 0 Å². The van der Waals surface area contributed by atoms with Gasteiger partial charge in [-0.25, -0.2) is 9.37 Å². The molecule has 0 radical (unpaired) electrons. The normalized spacial score (nSPS) is 10.8. The molecule has 0 aliphatic heterocycles. The average molecular weight is 541 g/mol. The highest BCUT2D eigenvalue weighted by Gasteiger charge is 2.15. The Labute approximate surface area is 219 Å². The van der Waals surface area contributed by atoms with Crippen molar-refractivity contribution in [2.75, 3.05) is 41.4 Å². The third kappa shape index (κ3) is 6.50. The number of anilines is 6. The van der Waals surface area contributed by atoms with Crippen LogP contribution >= 0.6 is 0 Å². The first-order valence-corrected chi connectivity index (χ1v) is 12.6. The van der Waals surface area contributed by atoms with Crippen molar-refractivity contribution < 1.29 is 27.0 Å². The van der Waals surface area contributed by atoms with Crippen LogP contribution in [-0.2, 0) is 10.2 Å². The number of halogens is 1. The Kier molecular flexibility index (Phi) is 7.97. The molecule has 0 saturated carbocycles. The Morgan fingerprint density at radius 2 is 1.32 bits per heavy atom. The average Bonchev–Trinajstić information content (AvgIpc) is 2.91. The van der Waals surface area contributed by atoms with Gasteiger partial charge in [0, 0.05) is 23.5 Å². The third-order valence-electron chi connectivity index (χ3n) is 5.09. The fraction of sp³-hybridized carbons (Fsp3) is 0.120. The Morgan fingerprint density at radius 1 is 0.737 bits per heavy atom. The maximum Gasteiger partial charge on any atom is 0.321 e. The maximum atomic E-state index is 14.5. The number of benzene rings is 3. The number of hydrogen-bond acceptors (Lipinski definition) is 9. The summed E-state index contributed by atoms with van der Waals surface area (Å²) >= 11 is 0. The zero-order valence-corrected chi connectivity index (χ0v) is 21.5. The van der Waals surface area contributed by atoms with Gasteiger partial charge in [-0.15, -0.1) is 0 Å². The number of aromatic nitrogens is 2. The molecule has 0 aliphatic carbocycles. The van der Waals surface area contributed by atoms with Gasteiger partial charge in [0.05, 0.1) is 38.9 Å². The first kappa shape index (κ1) is 26.3. The van der Waals surface area contributed by atoms with E-state index in [1.807, 2.05) is 0 Å². The van der Waals surface area contributed by atoms with Gasteiger partial charge in [-0.2, -0.15) is 13.4 Å². The van der Waals surface area contributed by atoms with Crippen LogP contribution in [0.5, 0.6) is 17.2 Å². The van der Waals surface area contributed by atoms with E-state index in [0.717, 1.165) is 6.20 Å². The minimum absolute atomic E-state index is 0.0889. The highest BCUT2D eigenvalue weighted by Crippen LogP contribution is 2.40. The second-order valence-corrected chi connectivity index (χ2v) is 9.12. The molecule has 0 spiro atoms. The molecule has 0 fully saturated rings. The summed E-state index contributed by atoms with van der Waals surface area (Å²) in [5.74, 6) is 0.601. The van der Waals surface area contributed by atoms with E-state index in [4.69, 9.17) is 14.2 Å². The number of para-hydroxylation sites is 1. The van der Waals surface area contributed by atoms with Crippen molar-refractivity contribution in [3.8, 4) is 17.2 Å². The third-order valence-corrected chi connectivity index (χ3v) is 6.10. The molecule has 0 unspecified atom stereocenters. The summed E-state index contributed by atoms with van der Waals surface area (Å²) in [4.78, 5) is 8.19. The van der Waals surface area contributed by atoms with Crippen LogP contribution in [0.25, 0.3) is 0 Å². The number of methoxy groups -OCH3 is 3. The van der Waals surface area contributed by atoms with Crippen molar-refractivity contribution in [3.63, 3.8) is 0 Å². The first-order chi connectivity index (χ1) is 18.3. The highest BCUT2D eigenvalue weighted by molar-refractivity contribution is 7.94. The van der Waals surface area contributed by atoms with E-state index in [1.54, 1.807) is 54.6 Å². The van der Waals surface area contributed by atoms with E-state index < -0.39 is 16.0 Å². The zero-order chi connectivity index (χ0) is 27.1. The molecule has 11 nitrogen and oxygen atoms in total. The van der Waals surface area contributed by atoms with Gasteiger partial charge in [0.25, 0.3) is 0 Å². The lowest BCUT2D eigenvalue weighted by atomic mass is 10.2. The summed E-state index contributed by atoms with van der Waals surface area (Å²) in [6.07, 6.45) is 1.02. The summed E-state index contributed by atoms with van der Waals surface area (Å²) < 4.78 is 60.0. The van der Waals surface area contributed by atoms with Crippen LogP contribution in [0, 0.1) is 5.82 Å². The lowest BCUT2D eigenvalue weighted by Gasteiger charge is -2.15. The second kappa shape index (κ2) is 11.5. The summed E-state index contributed by atoms with van der Waals surface area (Å²) in [6.45, 7) is 0. The molecule has 0 atom stereocenters. The molecule has 4 N–H and O–H groups in total. The molecule has 13 heteroatoms. The Bertz CT molecular complexity index is 1480. The Morgan fingerprint density at radius 3 is 1.89 bits per heavy atom. The van der Waals surface area contributed by atoms with Crippen molar-refractivity contribution in [1.82, 2.24) is 9.97 Å². The lowest BCUT2D eigenvalue weighted by molar-refractivity contribution is 0.324. The summed E-state index contributed by atoms with van der Waals surface area (Å²) in [5, 5.41) is 5.85. The quantitative estimate of drug-likeness (QED) is 0.209. The topological polar surface area (TPSA) is 136 Å². The number of hydrogen-bond donors (Lipinski definition) is 4. The van der Waals surface area contributed by atoms with E-state index in [9.17, 15) is 12.8 Å². The largest absolute Gasteiger partial charge is 0.493 e. The van der Waals surface area contributed by atoms with Gasteiger partial charge in [-0.1, -0.05) is 18.2 Å². The van der Waals surface area contributed by atoms with E-state index in [2.05, 4.69) is 30.0 Å². The van der Waals surface area contributed by atoms with Crippen LogP contribution in [0.15, 0.2) is 72.9 Å². The van der Waals surface area contributed by atoms with Gasteiger partial charge in [-0.05, 0) is 36.4 Å². The summed E-state index contributed by atoms with van der Waals surface area (Å²) in [6, 6.07) is 18.0. The number of ether oxygens (including phenoxy) is 3. The molecule has 0 amide bonds. The second-order valence-electron chi connectivity index (χ2n) is 7.71. The Hall–Kier alpha value is -4.78. The van der Waals surface area contributed by atoms with Gasteiger partial charge in [-0.3, -0.25) is 9.44 Å². The van der Waals surface area contributed by atoms with E-state index in [1.165, 1.54) is 33.5 Å². The van der Waals surface area contributed by atoms with E-state index in [0.29, 0.717) is 40.0 Å². The van der Waals surface area contributed by atoms with Gasteiger partial charge in [0.15, 0.2) is 23.1 Å². The SMILES string of the molecule is COc1cc(Nc2ncc(F)c(Nc3ccc(NS(=O)(=O)Nc4ccccc4)cc3)n2)cc(OC)c1OC. The molecule has 38 heavy (non-hydrogen) atoms. The predicted octanol–water partition coefficient (Wildman–Crippen LogP) is 4.90. The summed E-state index contributed by atoms with van der Waals surface area (Å²) in [5.41, 5.74) is 1.73. The van der Waals surface area contributed by atoms with Crippen LogP contribution < -0.4 is 34.3 Å². The minimum atomic E-state index is -3.85. The van der Waals surface area contributed by atoms with Crippen molar-refractivity contribution >= 4 is 44.7 Å². The summed E-state index contributed by atoms with van der Waals surface area (Å²) in [7, 11) is 0.634. The zero-order valence-electron chi connectivity index (χ0n) is 20.7. The van der Waals surface area contributed by atoms with Crippen LogP contribution in [0.3, 0.4) is 0 Å². The molecule has 1 aromatic heterocycles. The molecule has 4 rings (SSSR count). The maximum absolute atomic E-state index is 14.5. The van der Waals surface area contributed by atoms with Gasteiger partial charge in [0.2, 0.25) is 11.7 Å². The van der Waals surface area contributed by atoms with Crippen LogP contribution in [0.1, 0.15) is 0 Å². The highest BCUT2D eigenvalue weighted by atomic mass is 32.2. The molecular weight excluding hydrogens is 515 g/mol. The van der Waals surface area contributed by atoms with Crippen molar-refractivity contribution in [1.29, 1.82) is 0 Å². The first-order valence-electron chi connectivity index (χ1n) is 11.1. The number of nitrogens with zero attached hydrogens (tertiary/aromatic N) is 2. The number of nitrogens with one attached hydrogen (secondary N) is 4. The molecule has 0 saturated heterocycles. The van der Waals surface area contributed by atoms with E-state index in [-0.39, 0.29) is 11.8 Å². The fourth-order valence-electron chi connectivity index (χ4n) is 3.40. The molecule has 0 bridgehead atoms. The minimum Gasteiger partial charge on any atom is -0.493 e. The standard InChI is InChI=1S/C25H25FN6O5S/c1-35-21-13-19(14-22(36-2)23(21)37-3)29-25-27-15-20(26)24(30-25)28-16-9-11-18(12-10-16)32-38(33,34)31-17-7-5-4-6-8-17/h4-15,31-32H,1-3H3,(H2,27,28,29,30). The molecule has 0 aliphatic rings.